The molecule has 1 heterocycles. The van der Waals surface area contributed by atoms with Crippen LogP contribution in [0.15, 0.2) is 6.07 Å². The van der Waals surface area contributed by atoms with E-state index in [1.807, 2.05) is 11.3 Å². The van der Waals surface area contributed by atoms with Gasteiger partial charge in [0, 0.05) is 15.8 Å². The molecule has 1 aromatic rings. The topological polar surface area (TPSA) is 26.0 Å². The van der Waals surface area contributed by atoms with Crippen LogP contribution in [0.2, 0.25) is 0 Å². The van der Waals surface area contributed by atoms with Crippen molar-refractivity contribution in [2.24, 2.45) is 17.1 Å². The van der Waals surface area contributed by atoms with Crippen molar-refractivity contribution in [2.45, 2.75) is 53.0 Å². The van der Waals surface area contributed by atoms with Crippen LogP contribution in [0.4, 0.5) is 0 Å². The highest BCUT2D eigenvalue weighted by Crippen LogP contribution is 2.40. The molecule has 90 valence electrons. The average Bonchev–Trinajstić information content (AvgIpc) is 2.58. The van der Waals surface area contributed by atoms with Crippen LogP contribution in [0.3, 0.4) is 0 Å². The first-order valence-electron chi connectivity index (χ1n) is 6.25. The summed E-state index contributed by atoms with van der Waals surface area (Å²) in [5.41, 5.74) is 7.97. The lowest BCUT2D eigenvalue weighted by Crippen LogP contribution is -2.26. The Morgan fingerprint density at radius 2 is 2.12 bits per heavy atom. The number of rotatable bonds is 1. The van der Waals surface area contributed by atoms with E-state index in [1.165, 1.54) is 24.1 Å². The van der Waals surface area contributed by atoms with Gasteiger partial charge in [-0.1, -0.05) is 20.8 Å². The molecule has 2 heteroatoms. The highest BCUT2D eigenvalue weighted by molar-refractivity contribution is 7.12. The van der Waals surface area contributed by atoms with Gasteiger partial charge in [0.1, 0.15) is 0 Å². The van der Waals surface area contributed by atoms with Crippen LogP contribution in [0, 0.1) is 11.3 Å². The van der Waals surface area contributed by atoms with Gasteiger partial charge in [-0.15, -0.1) is 11.3 Å². The second-order valence-corrected chi connectivity index (χ2v) is 7.36. The summed E-state index contributed by atoms with van der Waals surface area (Å²) in [6.45, 7) is 9.17. The number of hydrogen-bond acceptors (Lipinski definition) is 2. The van der Waals surface area contributed by atoms with E-state index in [0.717, 1.165) is 5.92 Å². The molecular formula is C14H23NS. The summed E-state index contributed by atoms with van der Waals surface area (Å²) in [5.74, 6) is 0.829. The second kappa shape index (κ2) is 4.15. The van der Waals surface area contributed by atoms with E-state index in [-0.39, 0.29) is 6.04 Å². The minimum absolute atomic E-state index is 0.198. The van der Waals surface area contributed by atoms with Gasteiger partial charge in [-0.3, -0.25) is 0 Å². The van der Waals surface area contributed by atoms with Crippen molar-refractivity contribution in [1.82, 2.24) is 0 Å². The molecule has 0 saturated carbocycles. The molecule has 0 radical (unpaired) electrons. The third kappa shape index (κ3) is 2.33. The van der Waals surface area contributed by atoms with Crippen LogP contribution < -0.4 is 5.73 Å². The molecule has 1 aromatic heterocycles. The van der Waals surface area contributed by atoms with E-state index < -0.39 is 0 Å². The van der Waals surface area contributed by atoms with Gasteiger partial charge in [0.2, 0.25) is 0 Å². The summed E-state index contributed by atoms with van der Waals surface area (Å²) in [6, 6.07) is 2.55. The number of thiophene rings is 1. The molecule has 2 N–H and O–H groups in total. The molecule has 2 atom stereocenters. The fourth-order valence-electron chi connectivity index (χ4n) is 2.51. The molecule has 0 fully saturated rings. The molecule has 2 rings (SSSR count). The first kappa shape index (κ1) is 12.1. The van der Waals surface area contributed by atoms with Gasteiger partial charge in [0.05, 0.1) is 0 Å². The Morgan fingerprint density at radius 3 is 2.69 bits per heavy atom. The summed E-state index contributed by atoms with van der Waals surface area (Å²) in [6.07, 6.45) is 3.85. The number of aryl methyl sites for hydroxylation is 1. The van der Waals surface area contributed by atoms with E-state index in [2.05, 4.69) is 33.8 Å². The van der Waals surface area contributed by atoms with E-state index in [9.17, 15) is 0 Å². The maximum atomic E-state index is 5.96. The highest BCUT2D eigenvalue weighted by Gasteiger charge is 2.29. The zero-order valence-corrected chi connectivity index (χ0v) is 11.7. The normalized spacial score (nSPS) is 22.9. The fraction of sp³-hybridized carbons (Fsp3) is 0.714. The monoisotopic (exact) mass is 237 g/mol. The van der Waals surface area contributed by atoms with Crippen molar-refractivity contribution in [2.75, 3.05) is 0 Å². The van der Waals surface area contributed by atoms with Crippen molar-refractivity contribution in [1.29, 1.82) is 0 Å². The Hall–Kier alpha value is -0.340. The lowest BCUT2D eigenvalue weighted by molar-refractivity contribution is 0.217. The lowest BCUT2D eigenvalue weighted by atomic mass is 9.72. The van der Waals surface area contributed by atoms with Crippen LogP contribution >= 0.6 is 11.3 Å². The molecule has 0 bridgehead atoms. The molecule has 1 aliphatic rings. The highest BCUT2D eigenvalue weighted by atomic mass is 32.1. The Kier molecular flexibility index (Phi) is 3.15. The second-order valence-electron chi connectivity index (χ2n) is 6.19. The third-order valence-corrected chi connectivity index (χ3v) is 5.21. The van der Waals surface area contributed by atoms with Crippen LogP contribution in [0.1, 0.15) is 55.5 Å². The molecule has 1 nitrogen and oxygen atoms in total. The molecule has 16 heavy (non-hydrogen) atoms. The van der Waals surface area contributed by atoms with Crippen LogP contribution in [0.5, 0.6) is 0 Å². The van der Waals surface area contributed by atoms with E-state index >= 15 is 0 Å². The fourth-order valence-corrected chi connectivity index (χ4v) is 3.68. The number of nitrogens with two attached hydrogens (primary N) is 1. The van der Waals surface area contributed by atoms with Gasteiger partial charge in [-0.2, -0.15) is 0 Å². The summed E-state index contributed by atoms with van der Waals surface area (Å²) >= 11 is 1.93. The van der Waals surface area contributed by atoms with Crippen LogP contribution in [0.25, 0.3) is 0 Å². The maximum Gasteiger partial charge on any atom is 0.0361 e. The zero-order valence-electron chi connectivity index (χ0n) is 10.8. The van der Waals surface area contributed by atoms with Gasteiger partial charge in [0.15, 0.2) is 0 Å². The van der Waals surface area contributed by atoms with Crippen molar-refractivity contribution in [3.63, 3.8) is 0 Å². The van der Waals surface area contributed by atoms with E-state index in [0.29, 0.717) is 5.41 Å². The third-order valence-electron chi connectivity index (χ3n) is 3.78. The number of hydrogen-bond donors (Lipinski definition) is 1. The van der Waals surface area contributed by atoms with Crippen molar-refractivity contribution < 1.29 is 0 Å². The quantitative estimate of drug-likeness (QED) is 0.787. The van der Waals surface area contributed by atoms with Gasteiger partial charge in [0.25, 0.3) is 0 Å². The minimum Gasteiger partial charge on any atom is -0.324 e. The maximum absolute atomic E-state index is 5.96. The Morgan fingerprint density at radius 1 is 1.44 bits per heavy atom. The Bertz CT molecular complexity index is 371. The van der Waals surface area contributed by atoms with Gasteiger partial charge in [-0.05, 0) is 49.1 Å². The van der Waals surface area contributed by atoms with E-state index in [4.69, 9.17) is 5.73 Å². The van der Waals surface area contributed by atoms with Gasteiger partial charge in [-0.25, -0.2) is 0 Å². The summed E-state index contributed by atoms with van der Waals surface area (Å²) in [4.78, 5) is 2.95. The largest absolute Gasteiger partial charge is 0.324 e. The molecule has 1 unspecified atom stereocenters. The average molecular weight is 237 g/mol. The SMILES string of the molecule is C[C@@H](N)c1cc2c(s1)CCC(C(C)(C)C)C2. The molecule has 0 amide bonds. The predicted molar refractivity (Wildman–Crippen MR) is 71.9 cm³/mol. The Labute approximate surface area is 103 Å². The first-order chi connectivity index (χ1) is 7.38. The predicted octanol–water partition coefficient (Wildman–Crippen LogP) is 3.92. The summed E-state index contributed by atoms with van der Waals surface area (Å²) < 4.78 is 0. The molecule has 0 spiro atoms. The Balaban J connectivity index is 2.21. The molecular weight excluding hydrogens is 214 g/mol. The smallest absolute Gasteiger partial charge is 0.0361 e. The van der Waals surface area contributed by atoms with Gasteiger partial charge < -0.3 is 5.73 Å². The number of fused-ring (bicyclic) bond motifs is 1. The molecule has 0 saturated heterocycles. The minimum atomic E-state index is 0.198. The van der Waals surface area contributed by atoms with Crippen LogP contribution in [-0.4, -0.2) is 0 Å². The molecule has 0 aromatic carbocycles. The van der Waals surface area contributed by atoms with Crippen LogP contribution in [-0.2, 0) is 12.8 Å². The van der Waals surface area contributed by atoms with E-state index in [1.54, 1.807) is 10.4 Å². The van der Waals surface area contributed by atoms with Gasteiger partial charge >= 0.3 is 0 Å². The standard InChI is InChI=1S/C14H23NS/c1-9(15)13-8-10-7-11(14(2,3)4)5-6-12(10)16-13/h8-9,11H,5-7,15H2,1-4H3/t9-,11?/m1/s1. The summed E-state index contributed by atoms with van der Waals surface area (Å²) in [7, 11) is 0. The van der Waals surface area contributed by atoms with Crippen molar-refractivity contribution >= 4 is 11.3 Å². The lowest BCUT2D eigenvalue weighted by Gasteiger charge is -2.33. The molecule has 1 aliphatic carbocycles. The molecule has 0 aliphatic heterocycles. The zero-order chi connectivity index (χ0) is 11.9. The first-order valence-corrected chi connectivity index (χ1v) is 7.06. The summed E-state index contributed by atoms with van der Waals surface area (Å²) in [5, 5.41) is 0. The van der Waals surface area contributed by atoms with Crippen molar-refractivity contribution in [3.05, 3.63) is 21.4 Å². The van der Waals surface area contributed by atoms with Crippen molar-refractivity contribution in [3.8, 4) is 0 Å².